The van der Waals surface area contributed by atoms with E-state index in [2.05, 4.69) is 6.92 Å². The lowest BCUT2D eigenvalue weighted by Crippen LogP contribution is -1.42. The minimum Gasteiger partial charge on any atom is -0.251 e. The molecule has 0 bridgehead atoms. The summed E-state index contributed by atoms with van der Waals surface area (Å²) in [6.07, 6.45) is 2.97. The van der Waals surface area contributed by atoms with E-state index in [0.29, 0.717) is 0 Å². The molecule has 1 saturated carbocycles. The molecule has 0 aromatic carbocycles. The van der Waals surface area contributed by atoms with Gasteiger partial charge in [-0.25, -0.2) is 0 Å². The summed E-state index contributed by atoms with van der Waals surface area (Å²) in [4.78, 5) is 0. The molecule has 1 aliphatic rings. The third-order valence-electron chi connectivity index (χ3n) is 0.866. The van der Waals surface area contributed by atoms with Crippen LogP contribution in [0.3, 0.4) is 0 Å². The van der Waals surface area contributed by atoms with Gasteiger partial charge in [0.15, 0.2) is 0 Å². The molecular weight excluding hydrogens is 91.1 g/mol. The van der Waals surface area contributed by atoms with Crippen molar-refractivity contribution in [1.82, 2.24) is 0 Å². The highest BCUT2D eigenvalue weighted by Gasteiger charge is 2.12. The molecular formula is C6H13F. The second-order valence-electron chi connectivity index (χ2n) is 1.95. The van der Waals surface area contributed by atoms with E-state index in [1.54, 1.807) is 0 Å². The molecule has 0 spiro atoms. The van der Waals surface area contributed by atoms with Crippen LogP contribution in [0.4, 0.5) is 4.39 Å². The lowest BCUT2D eigenvalue weighted by molar-refractivity contribution is 0.527. The van der Waals surface area contributed by atoms with Gasteiger partial charge in [-0.3, -0.25) is 4.39 Å². The maximum absolute atomic E-state index is 10.3. The Hall–Kier alpha value is -0.0700. The van der Waals surface area contributed by atoms with Gasteiger partial charge in [-0.2, -0.15) is 0 Å². The molecule has 0 saturated heterocycles. The van der Waals surface area contributed by atoms with Crippen molar-refractivity contribution >= 4 is 0 Å². The quantitative estimate of drug-likeness (QED) is 0.442. The SMILES string of the molecule is CC1CC1.CCF. The van der Waals surface area contributed by atoms with Crippen LogP contribution in [0.25, 0.3) is 0 Å². The summed E-state index contributed by atoms with van der Waals surface area (Å²) in [5.74, 6) is 1.08. The first-order valence-corrected chi connectivity index (χ1v) is 2.87. The fourth-order valence-corrected chi connectivity index (χ4v) is 0.167. The minimum atomic E-state index is -0.250. The first kappa shape index (κ1) is 6.93. The van der Waals surface area contributed by atoms with Crippen molar-refractivity contribution in [2.24, 2.45) is 5.92 Å². The smallest absolute Gasteiger partial charge is 0.0866 e. The molecule has 0 aromatic rings. The molecule has 1 rings (SSSR count). The van der Waals surface area contributed by atoms with Crippen molar-refractivity contribution in [2.45, 2.75) is 26.7 Å². The van der Waals surface area contributed by atoms with Crippen LogP contribution in [-0.2, 0) is 0 Å². The van der Waals surface area contributed by atoms with Crippen LogP contribution < -0.4 is 0 Å². The standard InChI is InChI=1S/C4H8.C2H5F/c1-4-2-3-4;1-2-3/h4H,2-3H2,1H3;2H2,1H3. The number of halogens is 1. The molecule has 0 heterocycles. The number of rotatable bonds is 0. The monoisotopic (exact) mass is 104 g/mol. The minimum absolute atomic E-state index is 0.250. The molecule has 0 unspecified atom stereocenters. The van der Waals surface area contributed by atoms with E-state index in [1.807, 2.05) is 0 Å². The van der Waals surface area contributed by atoms with E-state index in [9.17, 15) is 4.39 Å². The largest absolute Gasteiger partial charge is 0.251 e. The Kier molecular flexibility index (Phi) is 4.06. The van der Waals surface area contributed by atoms with E-state index in [1.165, 1.54) is 19.8 Å². The van der Waals surface area contributed by atoms with Crippen LogP contribution in [0, 0.1) is 5.92 Å². The van der Waals surface area contributed by atoms with Crippen LogP contribution >= 0.6 is 0 Å². The molecule has 0 radical (unpaired) electrons. The van der Waals surface area contributed by atoms with Gasteiger partial charge >= 0.3 is 0 Å². The maximum Gasteiger partial charge on any atom is 0.0866 e. The third-order valence-corrected chi connectivity index (χ3v) is 0.866. The summed E-state index contributed by atoms with van der Waals surface area (Å²) in [6.45, 7) is 3.49. The Labute approximate surface area is 44.7 Å². The van der Waals surface area contributed by atoms with E-state index in [-0.39, 0.29) is 6.67 Å². The van der Waals surface area contributed by atoms with Crippen LogP contribution in [0.15, 0.2) is 0 Å². The predicted octanol–water partition coefficient (Wildman–Crippen LogP) is 2.39. The Bertz CT molecular complexity index is 31.2. The summed E-state index contributed by atoms with van der Waals surface area (Å²) >= 11 is 0. The fourth-order valence-electron chi connectivity index (χ4n) is 0.167. The zero-order valence-electron chi connectivity index (χ0n) is 5.08. The van der Waals surface area contributed by atoms with Crippen LogP contribution in [0.1, 0.15) is 26.7 Å². The van der Waals surface area contributed by atoms with Crippen molar-refractivity contribution in [2.75, 3.05) is 6.67 Å². The number of alkyl halides is 1. The van der Waals surface area contributed by atoms with Gasteiger partial charge in [0.25, 0.3) is 0 Å². The highest BCUT2D eigenvalue weighted by atomic mass is 19.1. The molecule has 0 nitrogen and oxygen atoms in total. The first-order valence-electron chi connectivity index (χ1n) is 2.87. The summed E-state index contributed by atoms with van der Waals surface area (Å²) in [6, 6.07) is 0. The maximum atomic E-state index is 10.3. The fraction of sp³-hybridized carbons (Fsp3) is 1.00. The predicted molar refractivity (Wildman–Crippen MR) is 30.0 cm³/mol. The van der Waals surface area contributed by atoms with Gasteiger partial charge in [-0.1, -0.05) is 19.8 Å². The van der Waals surface area contributed by atoms with E-state index >= 15 is 0 Å². The first-order chi connectivity index (χ1) is 3.31. The van der Waals surface area contributed by atoms with Crippen LogP contribution in [0.2, 0.25) is 0 Å². The van der Waals surface area contributed by atoms with Gasteiger partial charge in [-0.15, -0.1) is 0 Å². The van der Waals surface area contributed by atoms with Crippen LogP contribution in [0.5, 0.6) is 0 Å². The van der Waals surface area contributed by atoms with Gasteiger partial charge in [-0.05, 0) is 12.8 Å². The third kappa shape index (κ3) is 10.7. The van der Waals surface area contributed by atoms with Gasteiger partial charge in [0.2, 0.25) is 0 Å². The summed E-state index contributed by atoms with van der Waals surface area (Å²) in [7, 11) is 0. The average molecular weight is 104 g/mol. The molecule has 1 aliphatic carbocycles. The van der Waals surface area contributed by atoms with Crippen molar-refractivity contribution in [3.05, 3.63) is 0 Å². The number of hydrogen-bond donors (Lipinski definition) is 0. The highest BCUT2D eigenvalue weighted by Crippen LogP contribution is 2.26. The second-order valence-corrected chi connectivity index (χ2v) is 1.95. The lowest BCUT2D eigenvalue weighted by atomic mass is 10.5. The molecule has 0 N–H and O–H groups in total. The van der Waals surface area contributed by atoms with Crippen molar-refractivity contribution in [3.8, 4) is 0 Å². The van der Waals surface area contributed by atoms with Gasteiger partial charge < -0.3 is 0 Å². The molecule has 44 valence electrons. The second kappa shape index (κ2) is 4.10. The molecule has 1 fully saturated rings. The van der Waals surface area contributed by atoms with Gasteiger partial charge in [0, 0.05) is 0 Å². The highest BCUT2D eigenvalue weighted by molar-refractivity contribution is 4.65. The topological polar surface area (TPSA) is 0 Å². The van der Waals surface area contributed by atoms with Crippen molar-refractivity contribution in [1.29, 1.82) is 0 Å². The normalized spacial score (nSPS) is 17.6. The molecule has 0 aromatic heterocycles. The van der Waals surface area contributed by atoms with E-state index < -0.39 is 0 Å². The average Bonchev–Trinajstić information content (AvgIpc) is 2.25. The summed E-state index contributed by atoms with van der Waals surface area (Å²) in [5, 5.41) is 0. The number of hydrogen-bond acceptors (Lipinski definition) is 0. The zero-order chi connectivity index (χ0) is 5.70. The molecule has 1 heteroatoms. The molecule has 7 heavy (non-hydrogen) atoms. The van der Waals surface area contributed by atoms with E-state index in [0.717, 1.165) is 5.92 Å². The summed E-state index contributed by atoms with van der Waals surface area (Å²) < 4.78 is 10.3. The van der Waals surface area contributed by atoms with Crippen molar-refractivity contribution in [3.63, 3.8) is 0 Å². The van der Waals surface area contributed by atoms with Gasteiger partial charge in [0.05, 0.1) is 6.67 Å². The Morgan fingerprint density at radius 3 is 1.71 bits per heavy atom. The zero-order valence-corrected chi connectivity index (χ0v) is 5.08. The lowest BCUT2D eigenvalue weighted by Gasteiger charge is -1.53. The van der Waals surface area contributed by atoms with Gasteiger partial charge in [0.1, 0.15) is 0 Å². The Morgan fingerprint density at radius 1 is 1.57 bits per heavy atom. The molecule has 0 aliphatic heterocycles. The molecule has 0 amide bonds. The summed E-state index contributed by atoms with van der Waals surface area (Å²) in [5.41, 5.74) is 0. The van der Waals surface area contributed by atoms with Crippen molar-refractivity contribution < 1.29 is 4.39 Å². The Morgan fingerprint density at radius 2 is 1.71 bits per heavy atom. The Balaban J connectivity index is 0.000000110. The molecule has 0 atom stereocenters. The van der Waals surface area contributed by atoms with E-state index in [4.69, 9.17) is 0 Å². The van der Waals surface area contributed by atoms with Crippen LogP contribution in [-0.4, -0.2) is 6.67 Å².